The SMILES string of the molecule is O=C(O)CNC1=NCCN1C1CC1. The van der Waals surface area contributed by atoms with E-state index in [4.69, 9.17) is 5.11 Å². The Morgan fingerprint density at radius 2 is 2.46 bits per heavy atom. The number of rotatable bonds is 3. The smallest absolute Gasteiger partial charge is 0.322 e. The van der Waals surface area contributed by atoms with E-state index < -0.39 is 5.97 Å². The van der Waals surface area contributed by atoms with Crippen LogP contribution in [-0.4, -0.2) is 47.6 Å². The zero-order valence-corrected chi connectivity index (χ0v) is 7.36. The predicted octanol–water partition coefficient (Wildman–Crippen LogP) is -0.505. The standard InChI is InChI=1S/C8H13N3O2/c12-7(13)5-10-8-9-3-4-11(8)6-1-2-6/h6H,1-5H2,(H,9,10)(H,12,13). The van der Waals surface area contributed by atoms with Crippen LogP contribution in [0, 0.1) is 0 Å². The van der Waals surface area contributed by atoms with Crippen LogP contribution in [0.25, 0.3) is 0 Å². The first-order chi connectivity index (χ1) is 6.27. The predicted molar refractivity (Wildman–Crippen MR) is 47.7 cm³/mol. The number of aliphatic imine (C=N–C) groups is 1. The van der Waals surface area contributed by atoms with Gasteiger partial charge in [0.05, 0.1) is 6.54 Å². The maximum atomic E-state index is 10.3. The van der Waals surface area contributed by atoms with Crippen molar-refractivity contribution in [1.29, 1.82) is 0 Å². The van der Waals surface area contributed by atoms with Gasteiger partial charge >= 0.3 is 5.97 Å². The molecule has 0 aromatic heterocycles. The van der Waals surface area contributed by atoms with Crippen LogP contribution in [-0.2, 0) is 4.79 Å². The molecule has 1 aliphatic heterocycles. The Balaban J connectivity index is 1.85. The molecule has 0 aromatic carbocycles. The number of hydrogen-bond donors (Lipinski definition) is 2. The van der Waals surface area contributed by atoms with Crippen LogP contribution < -0.4 is 5.32 Å². The summed E-state index contributed by atoms with van der Waals surface area (Å²) in [5, 5.41) is 11.3. The molecular formula is C8H13N3O2. The molecular weight excluding hydrogens is 170 g/mol. The minimum atomic E-state index is -0.842. The number of aliphatic carboxylic acids is 1. The quantitative estimate of drug-likeness (QED) is 0.618. The van der Waals surface area contributed by atoms with E-state index in [-0.39, 0.29) is 6.54 Å². The van der Waals surface area contributed by atoms with Gasteiger partial charge in [-0.2, -0.15) is 0 Å². The van der Waals surface area contributed by atoms with E-state index in [0.717, 1.165) is 19.0 Å². The molecule has 72 valence electrons. The second kappa shape index (κ2) is 3.24. The summed E-state index contributed by atoms with van der Waals surface area (Å²) < 4.78 is 0. The van der Waals surface area contributed by atoms with Crippen LogP contribution >= 0.6 is 0 Å². The van der Waals surface area contributed by atoms with Crippen LogP contribution in [0.15, 0.2) is 4.99 Å². The maximum absolute atomic E-state index is 10.3. The highest BCUT2D eigenvalue weighted by Gasteiger charge is 2.33. The van der Waals surface area contributed by atoms with Crippen molar-refractivity contribution < 1.29 is 9.90 Å². The summed E-state index contributed by atoms with van der Waals surface area (Å²) in [7, 11) is 0. The lowest BCUT2D eigenvalue weighted by atomic mass is 10.5. The Morgan fingerprint density at radius 1 is 1.69 bits per heavy atom. The van der Waals surface area contributed by atoms with Gasteiger partial charge in [-0.15, -0.1) is 0 Å². The Bertz CT molecular complexity index is 248. The summed E-state index contributed by atoms with van der Waals surface area (Å²) in [4.78, 5) is 16.7. The topological polar surface area (TPSA) is 64.9 Å². The lowest BCUT2D eigenvalue weighted by molar-refractivity contribution is -0.135. The van der Waals surface area contributed by atoms with Crippen LogP contribution in [0.1, 0.15) is 12.8 Å². The Labute approximate surface area is 76.4 Å². The molecule has 0 radical (unpaired) electrons. The molecule has 0 atom stereocenters. The van der Waals surface area contributed by atoms with Crippen LogP contribution in [0.4, 0.5) is 0 Å². The second-order valence-corrected chi connectivity index (χ2v) is 3.38. The van der Waals surface area contributed by atoms with Crippen molar-refractivity contribution in [3.63, 3.8) is 0 Å². The maximum Gasteiger partial charge on any atom is 0.322 e. The molecule has 1 aliphatic carbocycles. The summed E-state index contributed by atoms with van der Waals surface area (Å²) in [6, 6.07) is 0.613. The lowest BCUT2D eigenvalue weighted by Crippen LogP contribution is -2.41. The molecule has 1 heterocycles. The molecule has 2 N–H and O–H groups in total. The Hall–Kier alpha value is -1.26. The average Bonchev–Trinajstić information content (AvgIpc) is 2.82. The van der Waals surface area contributed by atoms with Crippen LogP contribution in [0.3, 0.4) is 0 Å². The highest BCUT2D eigenvalue weighted by Crippen LogP contribution is 2.27. The summed E-state index contributed by atoms with van der Waals surface area (Å²) >= 11 is 0. The Morgan fingerprint density at radius 3 is 3.08 bits per heavy atom. The van der Waals surface area contributed by atoms with E-state index in [9.17, 15) is 4.79 Å². The van der Waals surface area contributed by atoms with Gasteiger partial charge in [-0.3, -0.25) is 9.79 Å². The zero-order chi connectivity index (χ0) is 9.26. The van der Waals surface area contributed by atoms with Crippen molar-refractivity contribution in [2.75, 3.05) is 19.6 Å². The van der Waals surface area contributed by atoms with E-state index in [1.165, 1.54) is 12.8 Å². The highest BCUT2D eigenvalue weighted by molar-refractivity contribution is 5.85. The van der Waals surface area contributed by atoms with Gasteiger partial charge in [0.2, 0.25) is 0 Å². The van der Waals surface area contributed by atoms with Gasteiger partial charge in [-0.05, 0) is 12.8 Å². The fourth-order valence-corrected chi connectivity index (χ4v) is 1.51. The van der Waals surface area contributed by atoms with Crippen molar-refractivity contribution in [3.8, 4) is 0 Å². The molecule has 2 rings (SSSR count). The van der Waals surface area contributed by atoms with Gasteiger partial charge in [-0.1, -0.05) is 0 Å². The monoisotopic (exact) mass is 183 g/mol. The molecule has 0 amide bonds. The first-order valence-corrected chi connectivity index (χ1v) is 4.54. The van der Waals surface area contributed by atoms with E-state index in [1.807, 2.05) is 0 Å². The number of hydrogen-bond acceptors (Lipinski definition) is 4. The van der Waals surface area contributed by atoms with Gasteiger partial charge in [-0.25, -0.2) is 0 Å². The molecule has 0 unspecified atom stereocenters. The van der Waals surface area contributed by atoms with Crippen LogP contribution in [0.5, 0.6) is 0 Å². The van der Waals surface area contributed by atoms with Gasteiger partial charge in [0.15, 0.2) is 5.96 Å². The molecule has 0 spiro atoms. The van der Waals surface area contributed by atoms with Gasteiger partial charge in [0.25, 0.3) is 0 Å². The number of guanidine groups is 1. The van der Waals surface area contributed by atoms with Crippen molar-refractivity contribution >= 4 is 11.9 Å². The lowest BCUT2D eigenvalue weighted by Gasteiger charge is -2.19. The molecule has 0 aromatic rings. The van der Waals surface area contributed by atoms with Crippen LogP contribution in [0.2, 0.25) is 0 Å². The highest BCUT2D eigenvalue weighted by atomic mass is 16.4. The number of carbonyl (C=O) groups is 1. The molecule has 0 bridgehead atoms. The van der Waals surface area contributed by atoms with Crippen molar-refractivity contribution in [3.05, 3.63) is 0 Å². The summed E-state index contributed by atoms with van der Waals surface area (Å²) in [5.41, 5.74) is 0. The van der Waals surface area contributed by atoms with Crippen molar-refractivity contribution in [2.24, 2.45) is 4.99 Å². The minimum absolute atomic E-state index is 0.0396. The molecule has 1 saturated carbocycles. The number of carboxylic acids is 1. The summed E-state index contributed by atoms with van der Waals surface area (Å²) in [5.74, 6) is -0.0738. The van der Waals surface area contributed by atoms with E-state index >= 15 is 0 Å². The molecule has 2 aliphatic rings. The van der Waals surface area contributed by atoms with Crippen molar-refractivity contribution in [1.82, 2.24) is 10.2 Å². The van der Waals surface area contributed by atoms with Gasteiger partial charge in [0, 0.05) is 12.6 Å². The first-order valence-electron chi connectivity index (χ1n) is 4.54. The van der Waals surface area contributed by atoms with Gasteiger partial charge in [0.1, 0.15) is 6.54 Å². The van der Waals surface area contributed by atoms with E-state index in [2.05, 4.69) is 15.2 Å². The molecule has 1 fully saturated rings. The van der Waals surface area contributed by atoms with E-state index in [0.29, 0.717) is 6.04 Å². The molecule has 0 saturated heterocycles. The number of carboxylic acid groups (broad SMARTS) is 1. The zero-order valence-electron chi connectivity index (χ0n) is 7.36. The normalized spacial score (nSPS) is 21.5. The first kappa shape index (κ1) is 8.34. The average molecular weight is 183 g/mol. The third-order valence-electron chi connectivity index (χ3n) is 2.26. The minimum Gasteiger partial charge on any atom is -0.480 e. The molecule has 5 heteroatoms. The fraction of sp³-hybridized carbons (Fsp3) is 0.750. The molecule has 5 nitrogen and oxygen atoms in total. The Kier molecular flexibility index (Phi) is 2.08. The third kappa shape index (κ3) is 1.91. The third-order valence-corrected chi connectivity index (χ3v) is 2.26. The number of nitrogens with zero attached hydrogens (tertiary/aromatic N) is 2. The van der Waals surface area contributed by atoms with E-state index in [1.54, 1.807) is 0 Å². The van der Waals surface area contributed by atoms with Gasteiger partial charge < -0.3 is 15.3 Å². The fourth-order valence-electron chi connectivity index (χ4n) is 1.51. The van der Waals surface area contributed by atoms with Crippen molar-refractivity contribution in [2.45, 2.75) is 18.9 Å². The summed E-state index contributed by atoms with van der Waals surface area (Å²) in [6.07, 6.45) is 2.43. The number of nitrogens with one attached hydrogen (secondary N) is 1. The largest absolute Gasteiger partial charge is 0.480 e. The molecule has 13 heavy (non-hydrogen) atoms. The second-order valence-electron chi connectivity index (χ2n) is 3.38. The summed E-state index contributed by atoms with van der Waals surface area (Å²) in [6.45, 7) is 1.69.